The van der Waals surface area contributed by atoms with E-state index in [0.29, 0.717) is 11.6 Å². The second-order valence-electron chi connectivity index (χ2n) is 4.72. The van der Waals surface area contributed by atoms with Gasteiger partial charge in [0.2, 0.25) is 5.95 Å². The summed E-state index contributed by atoms with van der Waals surface area (Å²) in [5.41, 5.74) is 2.21. The van der Waals surface area contributed by atoms with Crippen LogP contribution in [0, 0.1) is 0 Å². The molecule has 0 bridgehead atoms. The normalized spacial score (nSPS) is 10.5. The van der Waals surface area contributed by atoms with Crippen LogP contribution in [0.15, 0.2) is 48.7 Å². The van der Waals surface area contributed by atoms with Crippen LogP contribution >= 0.6 is 11.3 Å². The smallest absolute Gasteiger partial charge is 0.345 e. The minimum Gasteiger partial charge on any atom is -0.477 e. The number of carbonyl (C=O) groups is 1. The van der Waals surface area contributed by atoms with Crippen molar-refractivity contribution < 1.29 is 15.0 Å². The Bertz CT molecular complexity index is 848. The molecule has 2 aromatic heterocycles. The maximum atomic E-state index is 11.0. The number of aromatic carboxylic acids is 1. The third-order valence-corrected chi connectivity index (χ3v) is 4.19. The van der Waals surface area contributed by atoms with E-state index >= 15 is 0 Å². The van der Waals surface area contributed by atoms with Gasteiger partial charge in [-0.3, -0.25) is 0 Å². The van der Waals surface area contributed by atoms with Gasteiger partial charge in [0.1, 0.15) is 4.88 Å². The minimum atomic E-state index is -0.950. The number of hydrogen-bond donors (Lipinski definition) is 3. The van der Waals surface area contributed by atoms with Crippen molar-refractivity contribution in [3.05, 3.63) is 59.1 Å². The van der Waals surface area contributed by atoms with Gasteiger partial charge in [0.15, 0.2) is 0 Å². The Morgan fingerprint density at radius 2 is 2.09 bits per heavy atom. The number of carboxylic acids is 1. The quantitative estimate of drug-likeness (QED) is 0.666. The summed E-state index contributed by atoms with van der Waals surface area (Å²) < 4.78 is 0. The van der Waals surface area contributed by atoms with Crippen LogP contribution in [-0.2, 0) is 6.61 Å². The predicted octanol–water partition coefficient (Wildman–Crippen LogP) is 3.14. The van der Waals surface area contributed by atoms with E-state index in [1.54, 1.807) is 24.4 Å². The first-order valence-electron chi connectivity index (χ1n) is 6.79. The Morgan fingerprint density at radius 3 is 2.83 bits per heavy atom. The first kappa shape index (κ1) is 15.1. The molecule has 0 spiro atoms. The fourth-order valence-corrected chi connectivity index (χ4v) is 2.84. The molecule has 116 valence electrons. The molecule has 0 saturated carbocycles. The number of benzene rings is 1. The maximum absolute atomic E-state index is 11.0. The lowest BCUT2D eigenvalue weighted by atomic mass is 10.2. The van der Waals surface area contributed by atoms with E-state index < -0.39 is 5.97 Å². The van der Waals surface area contributed by atoms with Gasteiger partial charge in [0.25, 0.3) is 0 Å². The monoisotopic (exact) mass is 327 g/mol. The molecule has 0 aliphatic heterocycles. The summed E-state index contributed by atoms with van der Waals surface area (Å²) in [6.45, 7) is -0.0381. The van der Waals surface area contributed by atoms with E-state index in [4.69, 9.17) is 10.2 Å². The Morgan fingerprint density at radius 1 is 1.22 bits per heavy atom. The molecule has 6 nitrogen and oxygen atoms in total. The molecule has 23 heavy (non-hydrogen) atoms. The summed E-state index contributed by atoms with van der Waals surface area (Å²) in [6, 6.07) is 12.3. The number of aliphatic hydroxyl groups is 1. The number of carboxylic acid groups (broad SMARTS) is 1. The van der Waals surface area contributed by atoms with Gasteiger partial charge in [-0.2, -0.15) is 0 Å². The summed E-state index contributed by atoms with van der Waals surface area (Å²) in [5, 5.41) is 21.2. The highest BCUT2D eigenvalue weighted by atomic mass is 32.1. The second kappa shape index (κ2) is 6.55. The van der Waals surface area contributed by atoms with Crippen LogP contribution in [0.4, 0.5) is 11.6 Å². The first-order chi connectivity index (χ1) is 11.2. The van der Waals surface area contributed by atoms with Crippen LogP contribution in [0.2, 0.25) is 0 Å². The highest BCUT2D eigenvalue weighted by molar-refractivity contribution is 7.17. The average Bonchev–Trinajstić information content (AvgIpc) is 3.06. The molecule has 2 heterocycles. The van der Waals surface area contributed by atoms with E-state index in [1.807, 2.05) is 24.3 Å². The third-order valence-electron chi connectivity index (χ3n) is 3.09. The Labute approximate surface area is 136 Å². The van der Waals surface area contributed by atoms with Gasteiger partial charge < -0.3 is 15.5 Å². The molecule has 3 N–H and O–H groups in total. The average molecular weight is 327 g/mol. The van der Waals surface area contributed by atoms with Crippen LogP contribution < -0.4 is 5.32 Å². The lowest BCUT2D eigenvalue weighted by Crippen LogP contribution is -1.98. The van der Waals surface area contributed by atoms with Gasteiger partial charge in [-0.25, -0.2) is 14.8 Å². The van der Waals surface area contributed by atoms with Crippen molar-refractivity contribution in [3.63, 3.8) is 0 Å². The van der Waals surface area contributed by atoms with E-state index in [2.05, 4.69) is 15.3 Å². The highest BCUT2D eigenvalue weighted by Crippen LogP contribution is 2.27. The van der Waals surface area contributed by atoms with Crippen molar-refractivity contribution in [2.75, 3.05) is 5.32 Å². The molecule has 3 rings (SSSR count). The molecule has 0 aliphatic rings. The molecule has 0 atom stereocenters. The summed E-state index contributed by atoms with van der Waals surface area (Å²) in [5.74, 6) is -0.544. The Hall–Kier alpha value is -2.77. The number of nitrogens with zero attached hydrogens (tertiary/aromatic N) is 2. The molecule has 0 unspecified atom stereocenters. The predicted molar refractivity (Wildman–Crippen MR) is 88.0 cm³/mol. The molecule has 0 amide bonds. The summed E-state index contributed by atoms with van der Waals surface area (Å²) >= 11 is 1.16. The maximum Gasteiger partial charge on any atom is 0.345 e. The van der Waals surface area contributed by atoms with Crippen molar-refractivity contribution in [3.8, 4) is 10.6 Å². The summed E-state index contributed by atoms with van der Waals surface area (Å²) in [7, 11) is 0. The first-order valence-corrected chi connectivity index (χ1v) is 7.61. The third kappa shape index (κ3) is 3.53. The van der Waals surface area contributed by atoms with Gasteiger partial charge in [-0.15, -0.1) is 11.3 Å². The fraction of sp³-hybridized carbons (Fsp3) is 0.0625. The molecular weight excluding hydrogens is 314 g/mol. The molecular formula is C16H13N3O3S. The number of rotatable bonds is 5. The summed E-state index contributed by atoms with van der Waals surface area (Å²) in [6.07, 6.45) is 1.61. The minimum absolute atomic E-state index is 0.0381. The summed E-state index contributed by atoms with van der Waals surface area (Å²) in [4.78, 5) is 20.5. The lowest BCUT2D eigenvalue weighted by Gasteiger charge is -2.07. The van der Waals surface area contributed by atoms with Crippen LogP contribution in [0.5, 0.6) is 0 Å². The molecule has 0 radical (unpaired) electrons. The van der Waals surface area contributed by atoms with E-state index in [1.165, 1.54) is 0 Å². The van der Waals surface area contributed by atoms with Crippen LogP contribution in [0.25, 0.3) is 10.6 Å². The molecule has 0 saturated heterocycles. The van der Waals surface area contributed by atoms with E-state index in [0.717, 1.165) is 27.5 Å². The van der Waals surface area contributed by atoms with E-state index in [9.17, 15) is 4.79 Å². The van der Waals surface area contributed by atoms with Crippen molar-refractivity contribution in [1.82, 2.24) is 9.97 Å². The van der Waals surface area contributed by atoms with Crippen molar-refractivity contribution in [2.45, 2.75) is 6.61 Å². The largest absolute Gasteiger partial charge is 0.477 e. The van der Waals surface area contributed by atoms with Crippen molar-refractivity contribution in [2.24, 2.45) is 0 Å². The zero-order valence-electron chi connectivity index (χ0n) is 11.9. The van der Waals surface area contributed by atoms with Crippen molar-refractivity contribution in [1.29, 1.82) is 0 Å². The Kier molecular flexibility index (Phi) is 4.31. The van der Waals surface area contributed by atoms with Crippen LogP contribution in [0.1, 0.15) is 15.2 Å². The number of aromatic nitrogens is 2. The topological polar surface area (TPSA) is 95.3 Å². The van der Waals surface area contributed by atoms with Gasteiger partial charge in [0, 0.05) is 11.9 Å². The van der Waals surface area contributed by atoms with Gasteiger partial charge in [0.05, 0.1) is 17.2 Å². The van der Waals surface area contributed by atoms with Gasteiger partial charge in [-0.1, -0.05) is 12.1 Å². The zero-order chi connectivity index (χ0) is 16.2. The number of nitrogens with one attached hydrogen (secondary N) is 1. The number of aliphatic hydroxyl groups excluding tert-OH is 1. The number of thiophene rings is 1. The number of hydrogen-bond acceptors (Lipinski definition) is 6. The zero-order valence-corrected chi connectivity index (χ0v) is 12.7. The van der Waals surface area contributed by atoms with Crippen LogP contribution in [-0.4, -0.2) is 26.2 Å². The molecule has 7 heteroatoms. The fourth-order valence-electron chi connectivity index (χ4n) is 2.02. The second-order valence-corrected chi connectivity index (χ2v) is 5.80. The molecule has 1 aromatic carbocycles. The lowest BCUT2D eigenvalue weighted by molar-refractivity contribution is 0.0702. The van der Waals surface area contributed by atoms with E-state index in [-0.39, 0.29) is 11.5 Å². The number of anilines is 2. The van der Waals surface area contributed by atoms with Crippen molar-refractivity contribution >= 4 is 28.9 Å². The Balaban J connectivity index is 1.85. The highest BCUT2D eigenvalue weighted by Gasteiger charge is 2.10. The SMILES string of the molecule is O=C(O)c1ccc(-c2ccnc(Nc3cccc(CO)c3)n2)s1. The molecule has 0 aliphatic carbocycles. The molecule has 3 aromatic rings. The van der Waals surface area contributed by atoms with Gasteiger partial charge in [-0.05, 0) is 35.9 Å². The van der Waals surface area contributed by atoms with Gasteiger partial charge >= 0.3 is 5.97 Å². The molecule has 0 fully saturated rings. The van der Waals surface area contributed by atoms with Crippen LogP contribution in [0.3, 0.4) is 0 Å². The standard InChI is InChI=1S/C16H13N3O3S/c20-9-10-2-1-3-11(8-10)18-16-17-7-6-12(19-16)13-4-5-14(23-13)15(21)22/h1-8,20H,9H2,(H,21,22)(H,17,18,19).